The maximum absolute atomic E-state index is 12.3. The molecule has 0 spiro atoms. The summed E-state index contributed by atoms with van der Waals surface area (Å²) >= 11 is 1.56. The molecule has 132 valence electrons. The first kappa shape index (κ1) is 16.8. The fourth-order valence-corrected chi connectivity index (χ4v) is 4.72. The Morgan fingerprint density at radius 1 is 1.19 bits per heavy atom. The van der Waals surface area contributed by atoms with Crippen LogP contribution in [0.4, 0.5) is 5.00 Å². The van der Waals surface area contributed by atoms with Gasteiger partial charge in [0.05, 0.1) is 12.7 Å². The van der Waals surface area contributed by atoms with Gasteiger partial charge in [0.15, 0.2) is 0 Å². The number of hydrogen-bond acceptors (Lipinski definition) is 5. The average Bonchev–Trinajstić information content (AvgIpc) is 3.05. The minimum absolute atomic E-state index is 0.174. The van der Waals surface area contributed by atoms with Gasteiger partial charge in [-0.1, -0.05) is 30.3 Å². The van der Waals surface area contributed by atoms with Crippen LogP contribution in [0.25, 0.3) is 10.8 Å². The number of carbonyl (C=O) groups is 1. The normalized spacial score (nSPS) is 13.9. The molecule has 3 aromatic rings. The summed E-state index contributed by atoms with van der Waals surface area (Å²) < 4.78 is 4.99. The Balaban J connectivity index is 1.82. The molecule has 1 aliphatic rings. The van der Waals surface area contributed by atoms with Gasteiger partial charge in [-0.3, -0.25) is 0 Å². The summed E-state index contributed by atoms with van der Waals surface area (Å²) in [4.78, 5) is 18.1. The summed E-state index contributed by atoms with van der Waals surface area (Å²) in [6.45, 7) is 0. The van der Waals surface area contributed by atoms with E-state index >= 15 is 0 Å². The number of carbonyl (C=O) groups excluding carboxylic acids is 1. The van der Waals surface area contributed by atoms with Crippen molar-refractivity contribution < 1.29 is 14.6 Å². The van der Waals surface area contributed by atoms with E-state index in [0.29, 0.717) is 16.1 Å². The van der Waals surface area contributed by atoms with Gasteiger partial charge in [-0.05, 0) is 48.1 Å². The second-order valence-corrected chi connectivity index (χ2v) is 7.44. The van der Waals surface area contributed by atoms with Gasteiger partial charge in [-0.15, -0.1) is 11.3 Å². The monoisotopic (exact) mass is 365 g/mol. The number of methoxy groups -OCH3 is 1. The fraction of sp³-hybridized carbons (Fsp3) is 0.238. The molecule has 0 bridgehead atoms. The number of phenols is 1. The van der Waals surface area contributed by atoms with Crippen LogP contribution >= 0.6 is 11.3 Å². The van der Waals surface area contributed by atoms with Crippen molar-refractivity contribution in [2.75, 3.05) is 7.11 Å². The molecule has 4 nitrogen and oxygen atoms in total. The molecule has 26 heavy (non-hydrogen) atoms. The van der Waals surface area contributed by atoms with E-state index in [4.69, 9.17) is 4.74 Å². The van der Waals surface area contributed by atoms with Crippen LogP contribution in [0.15, 0.2) is 41.4 Å². The Morgan fingerprint density at radius 2 is 2.00 bits per heavy atom. The molecule has 1 N–H and O–H groups in total. The van der Waals surface area contributed by atoms with Crippen molar-refractivity contribution in [1.29, 1.82) is 0 Å². The second-order valence-electron chi connectivity index (χ2n) is 6.36. The first-order chi connectivity index (χ1) is 12.7. The van der Waals surface area contributed by atoms with Crippen molar-refractivity contribution in [3.05, 3.63) is 58.0 Å². The number of aryl methyl sites for hydroxylation is 1. The lowest BCUT2D eigenvalue weighted by atomic mass is 9.95. The van der Waals surface area contributed by atoms with Gasteiger partial charge in [0.25, 0.3) is 0 Å². The van der Waals surface area contributed by atoms with Crippen LogP contribution in [0.1, 0.15) is 39.2 Å². The third kappa shape index (κ3) is 2.88. The summed E-state index contributed by atoms with van der Waals surface area (Å²) in [7, 11) is 1.40. The molecule has 1 aliphatic carbocycles. The number of rotatable bonds is 3. The van der Waals surface area contributed by atoms with Crippen LogP contribution < -0.4 is 0 Å². The number of nitrogens with zero attached hydrogens (tertiary/aromatic N) is 1. The molecule has 0 aliphatic heterocycles. The number of esters is 1. The molecule has 4 rings (SSSR count). The van der Waals surface area contributed by atoms with Crippen LogP contribution in [0.3, 0.4) is 0 Å². The van der Waals surface area contributed by atoms with Crippen LogP contribution in [-0.2, 0) is 17.6 Å². The standard InChI is InChI=1S/C21H19NO3S/c1-25-21(24)19-15-8-4-5-9-18(15)26-20(19)22-12-16-14-7-3-2-6-13(14)10-11-17(16)23/h2-3,6-7,10-12,23H,4-5,8-9H2,1H3. The zero-order chi connectivity index (χ0) is 18.1. The number of aliphatic imine (C=N–C) groups is 1. The predicted molar refractivity (Wildman–Crippen MR) is 105 cm³/mol. The van der Waals surface area contributed by atoms with E-state index in [9.17, 15) is 9.90 Å². The molecule has 0 fully saturated rings. The Hall–Kier alpha value is -2.66. The van der Waals surface area contributed by atoms with E-state index in [1.807, 2.05) is 30.3 Å². The largest absolute Gasteiger partial charge is 0.507 e. The van der Waals surface area contributed by atoms with Crippen molar-refractivity contribution in [2.24, 2.45) is 4.99 Å². The van der Waals surface area contributed by atoms with Crippen LogP contribution in [0.2, 0.25) is 0 Å². The highest BCUT2D eigenvalue weighted by Crippen LogP contribution is 2.40. The second kappa shape index (κ2) is 6.92. The smallest absolute Gasteiger partial charge is 0.341 e. The molecule has 0 atom stereocenters. The zero-order valence-corrected chi connectivity index (χ0v) is 15.3. The number of thiophene rings is 1. The highest BCUT2D eigenvalue weighted by molar-refractivity contribution is 7.16. The first-order valence-corrected chi connectivity index (χ1v) is 9.48. The van der Waals surface area contributed by atoms with Crippen LogP contribution in [0, 0.1) is 0 Å². The Kier molecular flexibility index (Phi) is 4.47. The molecule has 2 aromatic carbocycles. The van der Waals surface area contributed by atoms with Gasteiger partial charge < -0.3 is 9.84 Å². The lowest BCUT2D eigenvalue weighted by Crippen LogP contribution is -2.07. The third-order valence-electron chi connectivity index (χ3n) is 4.80. The fourth-order valence-electron chi connectivity index (χ4n) is 3.50. The van der Waals surface area contributed by atoms with Crippen molar-refractivity contribution in [3.63, 3.8) is 0 Å². The molecule has 1 aromatic heterocycles. The van der Waals surface area contributed by atoms with E-state index in [0.717, 1.165) is 42.0 Å². The van der Waals surface area contributed by atoms with Gasteiger partial charge in [-0.2, -0.15) is 0 Å². The molecule has 0 amide bonds. The van der Waals surface area contributed by atoms with Crippen LogP contribution in [-0.4, -0.2) is 24.4 Å². The predicted octanol–water partition coefficient (Wildman–Crippen LogP) is 5.02. The first-order valence-electron chi connectivity index (χ1n) is 8.66. The molecular weight excluding hydrogens is 346 g/mol. The Bertz CT molecular complexity index is 1020. The topological polar surface area (TPSA) is 58.9 Å². The maximum Gasteiger partial charge on any atom is 0.341 e. The Morgan fingerprint density at radius 3 is 2.85 bits per heavy atom. The van der Waals surface area contributed by atoms with Gasteiger partial charge in [0, 0.05) is 16.7 Å². The zero-order valence-electron chi connectivity index (χ0n) is 14.5. The summed E-state index contributed by atoms with van der Waals surface area (Å²) in [5, 5.41) is 12.9. The quantitative estimate of drug-likeness (QED) is 0.523. The van der Waals surface area contributed by atoms with Crippen molar-refractivity contribution in [1.82, 2.24) is 0 Å². The highest BCUT2D eigenvalue weighted by atomic mass is 32.1. The molecule has 0 unspecified atom stereocenters. The molecular formula is C21H19NO3S. The van der Waals surface area contributed by atoms with E-state index in [2.05, 4.69) is 4.99 Å². The van der Waals surface area contributed by atoms with Gasteiger partial charge in [0.2, 0.25) is 0 Å². The van der Waals surface area contributed by atoms with Gasteiger partial charge in [0.1, 0.15) is 10.8 Å². The lowest BCUT2D eigenvalue weighted by molar-refractivity contribution is 0.0601. The summed E-state index contributed by atoms with van der Waals surface area (Å²) in [6.07, 6.45) is 5.76. The van der Waals surface area contributed by atoms with Crippen molar-refractivity contribution in [2.45, 2.75) is 25.7 Å². The summed E-state index contributed by atoms with van der Waals surface area (Å²) in [6, 6.07) is 11.4. The number of fused-ring (bicyclic) bond motifs is 2. The van der Waals surface area contributed by atoms with E-state index in [1.54, 1.807) is 23.6 Å². The number of phenolic OH excluding ortho intramolecular Hbond substituents is 1. The number of aromatic hydroxyl groups is 1. The Labute approximate surface area is 155 Å². The molecule has 0 saturated carbocycles. The summed E-state index contributed by atoms with van der Waals surface area (Å²) in [5.74, 6) is -0.160. The van der Waals surface area contributed by atoms with E-state index < -0.39 is 0 Å². The third-order valence-corrected chi connectivity index (χ3v) is 6.00. The average molecular weight is 365 g/mol. The van der Waals surface area contributed by atoms with E-state index in [-0.39, 0.29) is 11.7 Å². The number of benzene rings is 2. The minimum atomic E-state index is -0.335. The van der Waals surface area contributed by atoms with Gasteiger partial charge in [-0.25, -0.2) is 9.79 Å². The molecule has 0 radical (unpaired) electrons. The molecule has 5 heteroatoms. The number of hydrogen-bond donors (Lipinski definition) is 1. The lowest BCUT2D eigenvalue weighted by Gasteiger charge is -2.11. The number of ether oxygens (including phenoxy) is 1. The maximum atomic E-state index is 12.3. The summed E-state index contributed by atoms with van der Waals surface area (Å²) in [5.41, 5.74) is 2.33. The van der Waals surface area contributed by atoms with Crippen molar-refractivity contribution >= 4 is 39.3 Å². The van der Waals surface area contributed by atoms with Crippen molar-refractivity contribution in [3.8, 4) is 5.75 Å². The highest BCUT2D eigenvalue weighted by Gasteiger charge is 2.25. The van der Waals surface area contributed by atoms with E-state index in [1.165, 1.54) is 12.0 Å². The van der Waals surface area contributed by atoms with Gasteiger partial charge >= 0.3 is 5.97 Å². The molecule has 1 heterocycles. The molecule has 0 saturated heterocycles. The SMILES string of the molecule is COC(=O)c1c(N=Cc2c(O)ccc3ccccc23)sc2c1CCCC2. The van der Waals surface area contributed by atoms with Crippen LogP contribution in [0.5, 0.6) is 5.75 Å². The minimum Gasteiger partial charge on any atom is -0.507 e.